The summed E-state index contributed by atoms with van der Waals surface area (Å²) in [6.07, 6.45) is 0. The van der Waals surface area contributed by atoms with Crippen molar-refractivity contribution in [3.8, 4) is 11.5 Å². The van der Waals surface area contributed by atoms with E-state index in [-0.39, 0.29) is 17.6 Å². The Kier molecular flexibility index (Phi) is 5.42. The molecule has 0 radical (unpaired) electrons. The van der Waals surface area contributed by atoms with E-state index >= 15 is 0 Å². The molecule has 5 heteroatoms. The maximum atomic E-state index is 14.3. The van der Waals surface area contributed by atoms with Crippen molar-refractivity contribution in [1.82, 2.24) is 5.32 Å². The molecule has 0 spiro atoms. The quantitative estimate of drug-likeness (QED) is 0.880. The fourth-order valence-corrected chi connectivity index (χ4v) is 2.12. The molecular weight excluding hydrogens is 293 g/mol. The minimum atomic E-state index is -0.376. The van der Waals surface area contributed by atoms with Crippen LogP contribution in [0.15, 0.2) is 42.5 Å². The number of rotatable bonds is 6. The summed E-state index contributed by atoms with van der Waals surface area (Å²) >= 11 is 5.82. The van der Waals surface area contributed by atoms with Crippen molar-refractivity contribution in [1.29, 1.82) is 0 Å². The van der Waals surface area contributed by atoms with Gasteiger partial charge >= 0.3 is 0 Å². The number of nitrogens with one attached hydrogen (secondary N) is 1. The molecule has 0 aliphatic heterocycles. The predicted molar refractivity (Wildman–Crippen MR) is 81.7 cm³/mol. The standard InChI is InChI=1S/C16H17ClFNO2/c1-19-14(10-21-12-8-6-11(17)7-9-12)13-4-3-5-15(20-2)16(13)18/h3-9,14,19H,10H2,1-2H3. The summed E-state index contributed by atoms with van der Waals surface area (Å²) in [6.45, 7) is 0.294. The van der Waals surface area contributed by atoms with Crippen molar-refractivity contribution in [2.45, 2.75) is 6.04 Å². The van der Waals surface area contributed by atoms with Gasteiger partial charge in [0.25, 0.3) is 0 Å². The maximum Gasteiger partial charge on any atom is 0.169 e. The van der Waals surface area contributed by atoms with Crippen LogP contribution in [0.1, 0.15) is 11.6 Å². The molecule has 21 heavy (non-hydrogen) atoms. The first kappa shape index (κ1) is 15.6. The summed E-state index contributed by atoms with van der Waals surface area (Å²) < 4.78 is 24.9. The number of ether oxygens (including phenoxy) is 2. The second-order valence-electron chi connectivity index (χ2n) is 4.47. The SMILES string of the molecule is CNC(COc1ccc(Cl)cc1)c1cccc(OC)c1F. The second kappa shape index (κ2) is 7.29. The van der Waals surface area contributed by atoms with Crippen molar-refractivity contribution in [2.24, 2.45) is 0 Å². The highest BCUT2D eigenvalue weighted by atomic mass is 35.5. The number of hydrogen-bond donors (Lipinski definition) is 1. The van der Waals surface area contributed by atoms with E-state index in [1.165, 1.54) is 7.11 Å². The van der Waals surface area contributed by atoms with Crippen LogP contribution < -0.4 is 14.8 Å². The van der Waals surface area contributed by atoms with Gasteiger partial charge in [-0.1, -0.05) is 23.7 Å². The molecule has 1 atom stereocenters. The topological polar surface area (TPSA) is 30.5 Å². The molecule has 0 saturated heterocycles. The molecule has 3 nitrogen and oxygen atoms in total. The van der Waals surface area contributed by atoms with Gasteiger partial charge in [0, 0.05) is 10.6 Å². The highest BCUT2D eigenvalue weighted by Gasteiger charge is 2.17. The van der Waals surface area contributed by atoms with Gasteiger partial charge in [-0.15, -0.1) is 0 Å². The molecule has 0 aliphatic carbocycles. The van der Waals surface area contributed by atoms with E-state index in [1.807, 2.05) is 0 Å². The normalized spacial score (nSPS) is 12.0. The Morgan fingerprint density at radius 3 is 2.52 bits per heavy atom. The molecule has 112 valence electrons. The van der Waals surface area contributed by atoms with E-state index in [0.717, 1.165) is 0 Å². The minimum Gasteiger partial charge on any atom is -0.494 e. The van der Waals surface area contributed by atoms with Gasteiger partial charge in [-0.3, -0.25) is 0 Å². The molecule has 1 N–H and O–H groups in total. The van der Waals surface area contributed by atoms with E-state index in [2.05, 4.69) is 5.32 Å². The highest BCUT2D eigenvalue weighted by Crippen LogP contribution is 2.26. The lowest BCUT2D eigenvalue weighted by Gasteiger charge is -2.19. The molecule has 0 bridgehead atoms. The Hall–Kier alpha value is -1.78. The lowest BCUT2D eigenvalue weighted by molar-refractivity contribution is 0.268. The van der Waals surface area contributed by atoms with Gasteiger partial charge in [0.1, 0.15) is 12.4 Å². The molecule has 0 saturated carbocycles. The molecule has 0 heterocycles. The van der Waals surface area contributed by atoms with Crippen LogP contribution in [0.3, 0.4) is 0 Å². The van der Waals surface area contributed by atoms with E-state index in [0.29, 0.717) is 22.9 Å². The Labute approximate surface area is 128 Å². The van der Waals surface area contributed by atoms with Crippen molar-refractivity contribution < 1.29 is 13.9 Å². The van der Waals surface area contributed by atoms with Gasteiger partial charge in [0.05, 0.1) is 13.2 Å². The first-order valence-electron chi connectivity index (χ1n) is 6.53. The summed E-state index contributed by atoms with van der Waals surface area (Å²) in [5, 5.41) is 3.69. The molecule has 2 rings (SSSR count). The van der Waals surface area contributed by atoms with Crippen molar-refractivity contribution in [3.05, 3.63) is 58.9 Å². The van der Waals surface area contributed by atoms with Crippen LogP contribution in [0.2, 0.25) is 5.02 Å². The summed E-state index contributed by atoms with van der Waals surface area (Å²) in [4.78, 5) is 0. The average molecular weight is 310 g/mol. The zero-order chi connectivity index (χ0) is 15.2. The molecule has 0 aromatic heterocycles. The summed E-state index contributed by atoms with van der Waals surface area (Å²) in [7, 11) is 3.20. The monoisotopic (exact) mass is 309 g/mol. The fourth-order valence-electron chi connectivity index (χ4n) is 1.99. The van der Waals surface area contributed by atoms with Crippen LogP contribution in [-0.2, 0) is 0 Å². The Balaban J connectivity index is 2.11. The van der Waals surface area contributed by atoms with Crippen molar-refractivity contribution >= 4 is 11.6 Å². The summed E-state index contributed by atoms with van der Waals surface area (Å²) in [5.41, 5.74) is 0.505. The van der Waals surface area contributed by atoms with Gasteiger partial charge in [-0.25, -0.2) is 4.39 Å². The number of methoxy groups -OCH3 is 1. The highest BCUT2D eigenvalue weighted by molar-refractivity contribution is 6.30. The Bertz CT molecular complexity index is 589. The molecule has 0 fully saturated rings. The van der Waals surface area contributed by atoms with Gasteiger partial charge in [0.15, 0.2) is 11.6 Å². The fraction of sp³-hybridized carbons (Fsp3) is 0.250. The van der Waals surface area contributed by atoms with Crippen LogP contribution in [-0.4, -0.2) is 20.8 Å². The van der Waals surface area contributed by atoms with Gasteiger partial charge in [-0.2, -0.15) is 0 Å². The van der Waals surface area contributed by atoms with Crippen LogP contribution in [0.25, 0.3) is 0 Å². The van der Waals surface area contributed by atoms with Gasteiger partial charge < -0.3 is 14.8 Å². The zero-order valence-electron chi connectivity index (χ0n) is 11.9. The minimum absolute atomic E-state index is 0.222. The van der Waals surface area contributed by atoms with Crippen molar-refractivity contribution in [2.75, 3.05) is 20.8 Å². The maximum absolute atomic E-state index is 14.3. The number of halogens is 2. The number of likely N-dealkylation sites (N-methyl/N-ethyl adjacent to an activating group) is 1. The largest absolute Gasteiger partial charge is 0.494 e. The van der Waals surface area contributed by atoms with Crippen LogP contribution in [0, 0.1) is 5.82 Å². The second-order valence-corrected chi connectivity index (χ2v) is 4.91. The number of benzene rings is 2. The summed E-state index contributed by atoms with van der Waals surface area (Å²) in [6, 6.07) is 11.8. The van der Waals surface area contributed by atoms with E-state index < -0.39 is 0 Å². The first-order chi connectivity index (χ1) is 10.2. The molecule has 2 aromatic carbocycles. The third-order valence-corrected chi connectivity index (χ3v) is 3.42. The number of hydrogen-bond acceptors (Lipinski definition) is 3. The van der Waals surface area contributed by atoms with Gasteiger partial charge in [0.2, 0.25) is 0 Å². The third kappa shape index (κ3) is 3.86. The summed E-state index contributed by atoms with van der Waals surface area (Å²) in [5.74, 6) is 0.529. The average Bonchev–Trinajstić information content (AvgIpc) is 2.51. The van der Waals surface area contributed by atoms with Crippen LogP contribution in [0.4, 0.5) is 4.39 Å². The lowest BCUT2D eigenvalue weighted by atomic mass is 10.1. The van der Waals surface area contributed by atoms with E-state index in [1.54, 1.807) is 49.5 Å². The van der Waals surface area contributed by atoms with E-state index in [9.17, 15) is 4.39 Å². The molecular formula is C16H17ClFNO2. The molecule has 1 unspecified atom stereocenters. The van der Waals surface area contributed by atoms with Crippen LogP contribution >= 0.6 is 11.6 Å². The third-order valence-electron chi connectivity index (χ3n) is 3.17. The Morgan fingerprint density at radius 1 is 1.19 bits per heavy atom. The predicted octanol–water partition coefficient (Wildman–Crippen LogP) is 3.83. The molecule has 0 aliphatic rings. The zero-order valence-corrected chi connectivity index (χ0v) is 12.7. The van der Waals surface area contributed by atoms with Crippen LogP contribution in [0.5, 0.6) is 11.5 Å². The smallest absolute Gasteiger partial charge is 0.169 e. The lowest BCUT2D eigenvalue weighted by Crippen LogP contribution is -2.24. The molecule has 2 aromatic rings. The Morgan fingerprint density at radius 2 is 1.90 bits per heavy atom. The van der Waals surface area contributed by atoms with Crippen molar-refractivity contribution in [3.63, 3.8) is 0 Å². The molecule has 0 amide bonds. The first-order valence-corrected chi connectivity index (χ1v) is 6.91. The van der Waals surface area contributed by atoms with Gasteiger partial charge in [-0.05, 0) is 37.4 Å². The van der Waals surface area contributed by atoms with E-state index in [4.69, 9.17) is 21.1 Å².